The van der Waals surface area contributed by atoms with Gasteiger partial charge >= 0.3 is 12.1 Å². The highest BCUT2D eigenvalue weighted by atomic mass is 19.4. The van der Waals surface area contributed by atoms with Gasteiger partial charge in [0.1, 0.15) is 6.04 Å². The lowest BCUT2D eigenvalue weighted by Crippen LogP contribution is -2.40. The molecule has 1 unspecified atom stereocenters. The van der Waals surface area contributed by atoms with Crippen LogP contribution in [0.15, 0.2) is 24.3 Å². The molecule has 0 aliphatic heterocycles. The van der Waals surface area contributed by atoms with E-state index in [4.69, 9.17) is 5.11 Å². The fraction of sp³-hybridized carbons (Fsp3) is 0.467. The maximum Gasteiger partial charge on any atom is 0.389 e. The molecule has 0 bridgehead atoms. The number of carbonyl (C=O) groups is 2. The number of benzene rings is 1. The van der Waals surface area contributed by atoms with Crippen LogP contribution in [0, 0.1) is 0 Å². The first-order valence-corrected chi connectivity index (χ1v) is 6.92. The van der Waals surface area contributed by atoms with Gasteiger partial charge in [0.25, 0.3) is 5.91 Å². The Balaban J connectivity index is 2.65. The largest absolute Gasteiger partial charge is 0.480 e. The van der Waals surface area contributed by atoms with Crippen molar-refractivity contribution in [2.24, 2.45) is 0 Å². The molecule has 4 nitrogen and oxygen atoms in total. The van der Waals surface area contributed by atoms with Gasteiger partial charge < -0.3 is 10.4 Å². The number of carbonyl (C=O) groups excluding carboxylic acids is 1. The van der Waals surface area contributed by atoms with Crippen LogP contribution < -0.4 is 5.32 Å². The van der Waals surface area contributed by atoms with Crippen molar-refractivity contribution in [3.05, 3.63) is 35.4 Å². The highest BCUT2D eigenvalue weighted by molar-refractivity contribution is 5.96. The number of nitrogens with one attached hydrogen (secondary N) is 1. The first-order chi connectivity index (χ1) is 10.2. The Morgan fingerprint density at radius 2 is 1.82 bits per heavy atom. The summed E-state index contributed by atoms with van der Waals surface area (Å²) < 4.78 is 36.4. The Kier molecular flexibility index (Phi) is 6.39. The van der Waals surface area contributed by atoms with Crippen molar-refractivity contribution in [2.45, 2.75) is 44.8 Å². The molecule has 0 saturated heterocycles. The number of aliphatic carboxylic acids is 1. The molecule has 2 N–H and O–H groups in total. The maximum atomic E-state index is 12.1. The topological polar surface area (TPSA) is 66.4 Å². The molecule has 122 valence electrons. The lowest BCUT2D eigenvalue weighted by molar-refractivity contribution is -0.139. The molecule has 0 saturated carbocycles. The van der Waals surface area contributed by atoms with Crippen LogP contribution in [0.4, 0.5) is 13.2 Å². The quantitative estimate of drug-likeness (QED) is 0.812. The molecule has 0 aromatic heterocycles. The molecule has 0 aliphatic carbocycles. The lowest BCUT2D eigenvalue weighted by Gasteiger charge is -2.13. The van der Waals surface area contributed by atoms with Gasteiger partial charge in [-0.2, -0.15) is 13.2 Å². The summed E-state index contributed by atoms with van der Waals surface area (Å²) in [5, 5.41) is 11.4. The molecule has 0 radical (unpaired) electrons. The van der Waals surface area contributed by atoms with Gasteiger partial charge in [0.15, 0.2) is 0 Å². The Morgan fingerprint density at radius 1 is 1.23 bits per heavy atom. The second kappa shape index (κ2) is 7.82. The zero-order chi connectivity index (χ0) is 16.8. The van der Waals surface area contributed by atoms with Crippen molar-refractivity contribution in [1.29, 1.82) is 0 Å². The third-order valence-corrected chi connectivity index (χ3v) is 3.09. The average Bonchev–Trinajstić information content (AvgIpc) is 2.44. The summed E-state index contributed by atoms with van der Waals surface area (Å²) in [6.07, 6.45) is -4.38. The number of rotatable bonds is 7. The van der Waals surface area contributed by atoms with E-state index in [1.54, 1.807) is 6.92 Å². The zero-order valence-electron chi connectivity index (χ0n) is 12.1. The number of carboxylic acids is 1. The number of carboxylic acid groups (broad SMARTS) is 1. The maximum absolute atomic E-state index is 12.1. The van der Waals surface area contributed by atoms with Gasteiger partial charge in [-0.1, -0.05) is 25.5 Å². The van der Waals surface area contributed by atoms with Crippen molar-refractivity contribution < 1.29 is 27.9 Å². The summed E-state index contributed by atoms with van der Waals surface area (Å²) in [4.78, 5) is 22.9. The van der Waals surface area contributed by atoms with E-state index in [-0.39, 0.29) is 12.0 Å². The second-order valence-electron chi connectivity index (χ2n) is 4.97. The summed E-state index contributed by atoms with van der Waals surface area (Å²) in [5.74, 6) is -1.67. The van der Waals surface area contributed by atoms with Crippen molar-refractivity contribution >= 4 is 11.9 Å². The third kappa shape index (κ3) is 6.15. The molecule has 1 aromatic rings. The number of aryl methyl sites for hydroxylation is 1. The molecule has 22 heavy (non-hydrogen) atoms. The van der Waals surface area contributed by atoms with Crippen LogP contribution in [0.25, 0.3) is 0 Å². The Hall–Kier alpha value is -2.05. The van der Waals surface area contributed by atoms with Crippen LogP contribution in [0.1, 0.15) is 42.1 Å². The lowest BCUT2D eigenvalue weighted by atomic mass is 10.1. The predicted molar refractivity (Wildman–Crippen MR) is 74.6 cm³/mol. The molecule has 1 aromatic carbocycles. The molecule has 1 atom stereocenters. The van der Waals surface area contributed by atoms with Gasteiger partial charge in [-0.15, -0.1) is 0 Å². The number of amides is 1. The monoisotopic (exact) mass is 317 g/mol. The summed E-state index contributed by atoms with van der Waals surface area (Å²) in [7, 11) is 0. The van der Waals surface area contributed by atoms with Gasteiger partial charge in [0.05, 0.1) is 0 Å². The fourth-order valence-electron chi connectivity index (χ4n) is 1.90. The van der Waals surface area contributed by atoms with Crippen molar-refractivity contribution in [2.75, 3.05) is 0 Å². The summed E-state index contributed by atoms with van der Waals surface area (Å²) in [6.45, 7) is 1.80. The Morgan fingerprint density at radius 3 is 2.27 bits per heavy atom. The van der Waals surface area contributed by atoms with Crippen LogP contribution in [0.3, 0.4) is 0 Å². The van der Waals surface area contributed by atoms with E-state index >= 15 is 0 Å². The minimum absolute atomic E-state index is 0.154. The minimum atomic E-state index is -4.22. The second-order valence-corrected chi connectivity index (χ2v) is 4.97. The summed E-state index contributed by atoms with van der Waals surface area (Å²) >= 11 is 0. The predicted octanol–water partition coefficient (Wildman–Crippen LogP) is 3.16. The van der Waals surface area contributed by atoms with Gasteiger partial charge in [-0.3, -0.25) is 4.79 Å². The van der Waals surface area contributed by atoms with Crippen molar-refractivity contribution in [3.63, 3.8) is 0 Å². The van der Waals surface area contributed by atoms with Crippen molar-refractivity contribution in [1.82, 2.24) is 5.32 Å². The van der Waals surface area contributed by atoms with E-state index in [2.05, 4.69) is 5.32 Å². The van der Waals surface area contributed by atoms with Crippen molar-refractivity contribution in [3.8, 4) is 0 Å². The van der Waals surface area contributed by atoms with Crippen LogP contribution in [-0.2, 0) is 11.2 Å². The first kappa shape index (κ1) is 18.0. The van der Waals surface area contributed by atoms with Gasteiger partial charge in [-0.25, -0.2) is 4.79 Å². The van der Waals surface area contributed by atoms with E-state index in [9.17, 15) is 22.8 Å². The normalized spacial score (nSPS) is 12.7. The molecule has 0 aliphatic rings. The number of halogens is 3. The number of alkyl halides is 3. The van der Waals surface area contributed by atoms with Crippen LogP contribution >= 0.6 is 0 Å². The molecule has 0 fully saturated rings. The standard InChI is InChI=1S/C15H18F3NO3/c1-2-3-12(14(21)22)19-13(20)11-6-4-10(5-7-11)8-9-15(16,17)18/h4-7,12H,2-3,8-9H2,1H3,(H,19,20)(H,21,22). The van der Waals surface area contributed by atoms with Crippen LogP contribution in [0.2, 0.25) is 0 Å². The smallest absolute Gasteiger partial charge is 0.389 e. The van der Waals surface area contributed by atoms with Crippen LogP contribution in [0.5, 0.6) is 0 Å². The number of hydrogen-bond donors (Lipinski definition) is 2. The van der Waals surface area contributed by atoms with E-state index in [0.717, 1.165) is 0 Å². The average molecular weight is 317 g/mol. The van der Waals surface area contributed by atoms with Gasteiger partial charge in [0, 0.05) is 12.0 Å². The molecule has 0 spiro atoms. The highest BCUT2D eigenvalue weighted by Gasteiger charge is 2.26. The summed E-state index contributed by atoms with van der Waals surface area (Å²) in [6, 6.07) is 4.70. The molecule has 0 heterocycles. The molecular weight excluding hydrogens is 299 g/mol. The Bertz CT molecular complexity index is 512. The first-order valence-electron chi connectivity index (χ1n) is 6.92. The van der Waals surface area contributed by atoms with E-state index < -0.39 is 30.5 Å². The van der Waals surface area contributed by atoms with E-state index in [1.165, 1.54) is 24.3 Å². The molecule has 1 amide bonds. The Labute approximate surface area is 126 Å². The number of hydrogen-bond acceptors (Lipinski definition) is 2. The van der Waals surface area contributed by atoms with Crippen LogP contribution in [-0.4, -0.2) is 29.2 Å². The zero-order valence-corrected chi connectivity index (χ0v) is 12.1. The third-order valence-electron chi connectivity index (χ3n) is 3.09. The van der Waals surface area contributed by atoms with E-state index in [0.29, 0.717) is 18.4 Å². The van der Waals surface area contributed by atoms with Gasteiger partial charge in [-0.05, 0) is 30.5 Å². The molecule has 1 rings (SSSR count). The van der Waals surface area contributed by atoms with Gasteiger partial charge in [0.2, 0.25) is 0 Å². The fourth-order valence-corrected chi connectivity index (χ4v) is 1.90. The van der Waals surface area contributed by atoms with E-state index in [1.807, 2.05) is 0 Å². The highest BCUT2D eigenvalue weighted by Crippen LogP contribution is 2.22. The molecular formula is C15H18F3NO3. The SMILES string of the molecule is CCCC(NC(=O)c1ccc(CCC(F)(F)F)cc1)C(=O)O. The minimum Gasteiger partial charge on any atom is -0.480 e. The molecule has 7 heteroatoms. The summed E-state index contributed by atoms with van der Waals surface area (Å²) in [5.41, 5.74) is 0.690.